The van der Waals surface area contributed by atoms with E-state index in [1.807, 2.05) is 0 Å². The predicted molar refractivity (Wildman–Crippen MR) is 148 cm³/mol. The quantitative estimate of drug-likeness (QED) is 0.388. The predicted octanol–water partition coefficient (Wildman–Crippen LogP) is 8.97. The van der Waals surface area contributed by atoms with Crippen molar-refractivity contribution in [1.82, 2.24) is 0 Å². The molecule has 2 heterocycles. The van der Waals surface area contributed by atoms with Crippen molar-refractivity contribution in [3.63, 3.8) is 0 Å². The molecule has 0 N–H and O–H groups in total. The van der Waals surface area contributed by atoms with E-state index in [9.17, 15) is 0 Å². The maximum atomic E-state index is 6.99. The minimum absolute atomic E-state index is 0.0638. The smallest absolute Gasteiger partial charge is 0.166 e. The summed E-state index contributed by atoms with van der Waals surface area (Å²) in [6.07, 6.45) is 3.88. The molecule has 0 unspecified atom stereocenters. The van der Waals surface area contributed by atoms with Crippen LogP contribution in [-0.2, 0) is 9.47 Å². The van der Waals surface area contributed by atoms with Gasteiger partial charge in [-0.25, -0.2) is 0 Å². The Balaban J connectivity index is 1.50. The molecule has 0 amide bonds. The van der Waals surface area contributed by atoms with Crippen LogP contribution >= 0.6 is 7.92 Å². The van der Waals surface area contributed by atoms with E-state index in [4.69, 9.17) is 9.47 Å². The number of rotatable bonds is 5. The summed E-state index contributed by atoms with van der Waals surface area (Å²) in [5.74, 6) is 2.40. The average Bonchev–Trinajstić information content (AvgIpc) is 3.27. The summed E-state index contributed by atoms with van der Waals surface area (Å²) in [6, 6.07) is 21.4. The molecule has 2 aliphatic heterocycles. The van der Waals surface area contributed by atoms with Crippen molar-refractivity contribution in [2.75, 3.05) is 0 Å². The Labute approximate surface area is 214 Å². The topological polar surface area (TPSA) is 18.5 Å². The van der Waals surface area contributed by atoms with Crippen LogP contribution in [0.3, 0.4) is 0 Å². The fourth-order valence-electron chi connectivity index (χ4n) is 7.29. The van der Waals surface area contributed by atoms with Gasteiger partial charge in [-0.1, -0.05) is 123 Å². The zero-order valence-corrected chi connectivity index (χ0v) is 23.7. The Morgan fingerprint density at radius 1 is 0.800 bits per heavy atom. The highest BCUT2D eigenvalue weighted by atomic mass is 31.1. The molecule has 0 bridgehead atoms. The van der Waals surface area contributed by atoms with Crippen LogP contribution < -0.4 is 0 Å². The highest BCUT2D eigenvalue weighted by Crippen LogP contribution is 2.81. The third kappa shape index (κ3) is 4.32. The number of ether oxygens (including phenoxy) is 2. The number of hydrogen-bond donors (Lipinski definition) is 0. The Morgan fingerprint density at radius 2 is 1.31 bits per heavy atom. The highest BCUT2D eigenvalue weighted by Gasteiger charge is 2.68. The van der Waals surface area contributed by atoms with E-state index in [2.05, 4.69) is 109 Å². The lowest BCUT2D eigenvalue weighted by molar-refractivity contribution is -0.0995. The van der Waals surface area contributed by atoms with Crippen LogP contribution in [0.15, 0.2) is 60.7 Å². The van der Waals surface area contributed by atoms with Gasteiger partial charge in [0.15, 0.2) is 6.29 Å². The molecule has 7 atom stereocenters. The van der Waals surface area contributed by atoms with E-state index in [0.717, 1.165) is 23.4 Å². The summed E-state index contributed by atoms with van der Waals surface area (Å²) in [7, 11) is -0.246. The van der Waals surface area contributed by atoms with Gasteiger partial charge in [0.25, 0.3) is 0 Å². The Kier molecular flexibility index (Phi) is 6.97. The lowest BCUT2D eigenvalue weighted by Gasteiger charge is -2.69. The van der Waals surface area contributed by atoms with Gasteiger partial charge in [-0.3, -0.25) is 0 Å². The molecule has 0 radical (unpaired) electrons. The first-order valence-electron chi connectivity index (χ1n) is 13.8. The SMILES string of the molecule is CC(C)[C@@H]1CC[C@@H](C)C[C@H]1[P@@]1[C@@H](C2O[C@H](c3ccccc3)[C@@H](c3ccccc3)O2)C(C)(C)C1(C)C. The van der Waals surface area contributed by atoms with Crippen LogP contribution in [0.5, 0.6) is 0 Å². The molecule has 2 saturated heterocycles. The Morgan fingerprint density at radius 3 is 1.80 bits per heavy atom. The largest absolute Gasteiger partial charge is 0.341 e. The molecular formula is C32H45O2P. The van der Waals surface area contributed by atoms with Crippen LogP contribution in [-0.4, -0.2) is 22.8 Å². The molecule has 0 spiro atoms. The van der Waals surface area contributed by atoms with E-state index >= 15 is 0 Å². The molecule has 1 aliphatic carbocycles. The van der Waals surface area contributed by atoms with E-state index in [-0.39, 0.29) is 31.8 Å². The molecule has 2 aromatic rings. The van der Waals surface area contributed by atoms with E-state index < -0.39 is 0 Å². The Hall–Kier alpha value is -1.21. The standard InChI is InChI=1S/C32H45O2P/c1-21(2)25-19-18-22(3)20-26(25)35-29(31(4,5)32(35,6)7)30-33-27(23-14-10-8-11-15-23)28(34-30)24-16-12-9-13-17-24/h8-17,21-22,25-30H,18-20H2,1-7H3/t22-,25+,26-,27-,28-,29+,35+/m1/s1. The summed E-state index contributed by atoms with van der Waals surface area (Å²) < 4.78 is 14.0. The first kappa shape index (κ1) is 25.4. The van der Waals surface area contributed by atoms with Crippen LogP contribution in [0, 0.1) is 23.2 Å². The monoisotopic (exact) mass is 492 g/mol. The molecule has 3 aliphatic rings. The molecule has 190 valence electrons. The zero-order valence-electron chi connectivity index (χ0n) is 22.8. The fraction of sp³-hybridized carbons (Fsp3) is 0.625. The van der Waals surface area contributed by atoms with Gasteiger partial charge in [0.05, 0.1) is 0 Å². The lowest BCUT2D eigenvalue weighted by atomic mass is 9.74. The van der Waals surface area contributed by atoms with Crippen molar-refractivity contribution < 1.29 is 9.47 Å². The lowest BCUT2D eigenvalue weighted by Crippen LogP contribution is -2.64. The highest BCUT2D eigenvalue weighted by molar-refractivity contribution is 7.62. The van der Waals surface area contributed by atoms with Gasteiger partial charge in [-0.2, -0.15) is 0 Å². The summed E-state index contributed by atoms with van der Waals surface area (Å²) in [6.45, 7) is 17.4. The Bertz CT molecular complexity index is 938. The van der Waals surface area contributed by atoms with Crippen molar-refractivity contribution in [2.45, 2.75) is 103 Å². The normalized spacial score (nSPS) is 36.7. The first-order chi connectivity index (χ1) is 16.6. The summed E-state index contributed by atoms with van der Waals surface area (Å²) in [5, 5.41) is 0.321. The zero-order chi connectivity index (χ0) is 25.0. The van der Waals surface area contributed by atoms with Crippen LogP contribution in [0.1, 0.15) is 91.1 Å². The minimum atomic E-state index is -0.246. The van der Waals surface area contributed by atoms with Gasteiger partial charge in [-0.05, 0) is 58.0 Å². The van der Waals surface area contributed by atoms with Crippen molar-refractivity contribution in [1.29, 1.82) is 0 Å². The van der Waals surface area contributed by atoms with Crippen molar-refractivity contribution >= 4 is 7.92 Å². The van der Waals surface area contributed by atoms with Crippen LogP contribution in [0.4, 0.5) is 0 Å². The second-order valence-corrected chi connectivity index (χ2v) is 16.0. The van der Waals surface area contributed by atoms with Crippen LogP contribution in [0.25, 0.3) is 0 Å². The molecular weight excluding hydrogens is 447 g/mol. The van der Waals surface area contributed by atoms with Gasteiger partial charge in [-0.15, -0.1) is 0 Å². The maximum Gasteiger partial charge on any atom is 0.166 e. The van der Waals surface area contributed by atoms with Gasteiger partial charge in [0.1, 0.15) is 12.2 Å². The molecule has 3 heteroatoms. The van der Waals surface area contributed by atoms with Crippen molar-refractivity contribution in [3.8, 4) is 0 Å². The summed E-state index contributed by atoms with van der Waals surface area (Å²) in [5.41, 5.74) is 3.88. The minimum Gasteiger partial charge on any atom is -0.341 e. The van der Waals surface area contributed by atoms with E-state index in [1.165, 1.54) is 30.4 Å². The summed E-state index contributed by atoms with van der Waals surface area (Å²) >= 11 is 0. The second-order valence-electron chi connectivity index (χ2n) is 12.8. The first-order valence-corrected chi connectivity index (χ1v) is 15.3. The van der Waals surface area contributed by atoms with Crippen molar-refractivity contribution in [3.05, 3.63) is 71.8 Å². The van der Waals surface area contributed by atoms with E-state index in [1.54, 1.807) is 0 Å². The molecule has 35 heavy (non-hydrogen) atoms. The van der Waals surface area contributed by atoms with Crippen molar-refractivity contribution in [2.24, 2.45) is 23.2 Å². The number of hydrogen-bond acceptors (Lipinski definition) is 2. The van der Waals surface area contributed by atoms with Crippen LogP contribution in [0.2, 0.25) is 0 Å². The number of benzene rings is 2. The molecule has 0 aromatic heterocycles. The molecule has 2 aromatic carbocycles. The fourth-order valence-corrected chi connectivity index (χ4v) is 12.7. The summed E-state index contributed by atoms with van der Waals surface area (Å²) in [4.78, 5) is 0. The van der Waals surface area contributed by atoms with E-state index in [0.29, 0.717) is 10.8 Å². The average molecular weight is 493 g/mol. The molecule has 1 saturated carbocycles. The second kappa shape index (κ2) is 9.59. The third-order valence-corrected chi connectivity index (χ3v) is 14.6. The van der Waals surface area contributed by atoms with Gasteiger partial charge in [0.2, 0.25) is 0 Å². The molecule has 5 rings (SSSR count). The third-order valence-electron chi connectivity index (χ3n) is 9.96. The van der Waals surface area contributed by atoms with Gasteiger partial charge >= 0.3 is 0 Å². The van der Waals surface area contributed by atoms with Gasteiger partial charge in [0, 0.05) is 5.66 Å². The molecule has 3 fully saturated rings. The maximum absolute atomic E-state index is 6.99. The molecule has 2 nitrogen and oxygen atoms in total. The van der Waals surface area contributed by atoms with Gasteiger partial charge < -0.3 is 9.47 Å².